The minimum absolute atomic E-state index is 0.369. The Morgan fingerprint density at radius 3 is 2.30 bits per heavy atom. The zero-order chi connectivity index (χ0) is 19.8. The molecule has 27 heavy (non-hydrogen) atoms. The van der Waals surface area contributed by atoms with E-state index in [1.54, 1.807) is 24.3 Å². The number of amides is 1. The second-order valence-electron chi connectivity index (χ2n) is 5.84. The topological polar surface area (TPSA) is 73.9 Å². The van der Waals surface area contributed by atoms with Gasteiger partial charge in [-0.15, -0.1) is 0 Å². The molecule has 6 heteroatoms. The predicted octanol–water partition coefficient (Wildman–Crippen LogP) is 3.52. The van der Waals surface area contributed by atoms with Crippen LogP contribution in [0.4, 0.5) is 5.69 Å². The molecular weight excluding hydrogens is 346 g/mol. The summed E-state index contributed by atoms with van der Waals surface area (Å²) in [5.74, 6) is 0.0439. The third-order valence-corrected chi connectivity index (χ3v) is 3.92. The van der Waals surface area contributed by atoms with Gasteiger partial charge in [0.1, 0.15) is 0 Å². The number of carbonyl (C=O) groups excluding carboxylic acids is 2. The molecule has 0 saturated heterocycles. The molecule has 0 aromatic heterocycles. The number of benzene rings is 2. The largest absolute Gasteiger partial charge is 0.493 e. The Balaban J connectivity index is 1.95. The molecule has 1 N–H and O–H groups in total. The molecule has 0 unspecified atom stereocenters. The average molecular weight is 369 g/mol. The number of rotatable bonds is 7. The summed E-state index contributed by atoms with van der Waals surface area (Å²) in [5, 5.41) is 2.76. The first-order chi connectivity index (χ1) is 13.0. The van der Waals surface area contributed by atoms with Crippen molar-refractivity contribution < 1.29 is 23.8 Å². The number of aryl methyl sites for hydroxylation is 2. The molecule has 0 aliphatic rings. The summed E-state index contributed by atoms with van der Waals surface area (Å²) in [5.41, 5.74) is 3.28. The van der Waals surface area contributed by atoms with Crippen LogP contribution in [0.5, 0.6) is 11.5 Å². The molecule has 2 aromatic carbocycles. The van der Waals surface area contributed by atoms with Crippen LogP contribution in [0.15, 0.2) is 42.5 Å². The van der Waals surface area contributed by atoms with E-state index in [9.17, 15) is 9.59 Å². The third kappa shape index (κ3) is 5.34. The Morgan fingerprint density at radius 2 is 1.67 bits per heavy atom. The SMILES string of the molecule is COc1cccc(/C=C/C(=O)OCC(=O)Nc2c(C)cccc2C)c1OC. The molecule has 0 aliphatic heterocycles. The lowest BCUT2D eigenvalue weighted by molar-refractivity contribution is -0.142. The number of ether oxygens (including phenoxy) is 3. The van der Waals surface area contributed by atoms with Gasteiger partial charge in [-0.3, -0.25) is 4.79 Å². The van der Waals surface area contributed by atoms with Crippen LogP contribution in [0.25, 0.3) is 6.08 Å². The van der Waals surface area contributed by atoms with Crippen LogP contribution in [0.2, 0.25) is 0 Å². The van der Waals surface area contributed by atoms with E-state index in [4.69, 9.17) is 14.2 Å². The quantitative estimate of drug-likeness (QED) is 0.597. The van der Waals surface area contributed by atoms with Gasteiger partial charge in [0.15, 0.2) is 18.1 Å². The van der Waals surface area contributed by atoms with E-state index in [2.05, 4.69) is 5.32 Å². The number of esters is 1. The molecule has 6 nitrogen and oxygen atoms in total. The van der Waals surface area contributed by atoms with Crippen LogP contribution in [0.3, 0.4) is 0 Å². The maximum atomic E-state index is 12.0. The first-order valence-electron chi connectivity index (χ1n) is 8.38. The van der Waals surface area contributed by atoms with Gasteiger partial charge in [0.05, 0.1) is 14.2 Å². The van der Waals surface area contributed by atoms with Gasteiger partial charge >= 0.3 is 5.97 Å². The van der Waals surface area contributed by atoms with E-state index >= 15 is 0 Å². The Kier molecular flexibility index (Phi) is 7.00. The Labute approximate surface area is 158 Å². The number of methoxy groups -OCH3 is 2. The maximum absolute atomic E-state index is 12.0. The lowest BCUT2D eigenvalue weighted by Gasteiger charge is -2.11. The number of anilines is 1. The molecule has 0 heterocycles. The fourth-order valence-electron chi connectivity index (χ4n) is 2.57. The molecule has 0 fully saturated rings. The number of carbonyl (C=O) groups is 2. The fourth-order valence-corrected chi connectivity index (χ4v) is 2.57. The second kappa shape index (κ2) is 9.43. The highest BCUT2D eigenvalue weighted by molar-refractivity contribution is 5.95. The monoisotopic (exact) mass is 369 g/mol. The van der Waals surface area contributed by atoms with Gasteiger partial charge in [-0.2, -0.15) is 0 Å². The normalized spacial score (nSPS) is 10.5. The highest BCUT2D eigenvalue weighted by Crippen LogP contribution is 2.31. The molecule has 2 aromatic rings. The fraction of sp³-hybridized carbons (Fsp3) is 0.238. The zero-order valence-corrected chi connectivity index (χ0v) is 15.9. The summed E-state index contributed by atoms with van der Waals surface area (Å²) in [7, 11) is 3.06. The smallest absolute Gasteiger partial charge is 0.331 e. The molecule has 0 spiro atoms. The number of hydrogen-bond donors (Lipinski definition) is 1. The number of para-hydroxylation sites is 2. The van der Waals surface area contributed by atoms with Gasteiger partial charge in [-0.25, -0.2) is 4.79 Å². The first kappa shape index (κ1) is 20.0. The lowest BCUT2D eigenvalue weighted by atomic mass is 10.1. The summed E-state index contributed by atoms with van der Waals surface area (Å²) in [6.07, 6.45) is 2.79. The van der Waals surface area contributed by atoms with Crippen LogP contribution in [-0.2, 0) is 14.3 Å². The Hall–Kier alpha value is -3.28. The molecule has 0 atom stereocenters. The molecule has 142 valence electrons. The van der Waals surface area contributed by atoms with Crippen molar-refractivity contribution >= 4 is 23.6 Å². The van der Waals surface area contributed by atoms with Crippen molar-refractivity contribution in [3.8, 4) is 11.5 Å². The second-order valence-corrected chi connectivity index (χ2v) is 5.84. The summed E-state index contributed by atoms with van der Waals surface area (Å²) in [4.78, 5) is 23.9. The standard InChI is InChI=1S/C21H23NO5/c1-14-7-5-8-15(2)20(14)22-18(23)13-27-19(24)12-11-16-9-6-10-17(25-3)21(16)26-4/h5-12H,13H2,1-4H3,(H,22,23)/b12-11+. The van der Waals surface area contributed by atoms with E-state index in [-0.39, 0.29) is 6.61 Å². The number of hydrogen-bond acceptors (Lipinski definition) is 5. The van der Waals surface area contributed by atoms with Crippen molar-refractivity contribution in [3.05, 3.63) is 59.2 Å². The molecule has 2 rings (SSSR count). The molecular formula is C21H23NO5. The minimum Gasteiger partial charge on any atom is -0.493 e. The average Bonchev–Trinajstić information content (AvgIpc) is 2.67. The highest BCUT2D eigenvalue weighted by atomic mass is 16.5. The molecule has 0 saturated carbocycles. The van der Waals surface area contributed by atoms with Crippen LogP contribution in [0, 0.1) is 13.8 Å². The molecule has 1 amide bonds. The van der Waals surface area contributed by atoms with Crippen LogP contribution >= 0.6 is 0 Å². The lowest BCUT2D eigenvalue weighted by Crippen LogP contribution is -2.21. The first-order valence-corrected chi connectivity index (χ1v) is 8.38. The Bertz CT molecular complexity index is 837. The van der Waals surface area contributed by atoms with Crippen molar-refractivity contribution in [2.75, 3.05) is 26.1 Å². The molecule has 0 aliphatic carbocycles. The summed E-state index contributed by atoms with van der Waals surface area (Å²) >= 11 is 0. The molecule has 0 radical (unpaired) electrons. The van der Waals surface area contributed by atoms with Crippen LogP contribution in [0.1, 0.15) is 16.7 Å². The van der Waals surface area contributed by atoms with Gasteiger partial charge in [0.2, 0.25) is 0 Å². The van der Waals surface area contributed by atoms with Gasteiger partial charge in [-0.1, -0.05) is 30.3 Å². The van der Waals surface area contributed by atoms with E-state index in [0.29, 0.717) is 17.1 Å². The molecule has 0 bridgehead atoms. The van der Waals surface area contributed by atoms with E-state index in [0.717, 1.165) is 16.8 Å². The van der Waals surface area contributed by atoms with Crippen molar-refractivity contribution in [2.24, 2.45) is 0 Å². The van der Waals surface area contributed by atoms with Crippen molar-refractivity contribution in [1.29, 1.82) is 0 Å². The van der Waals surface area contributed by atoms with E-state index in [1.807, 2.05) is 32.0 Å². The van der Waals surface area contributed by atoms with Crippen molar-refractivity contribution in [3.63, 3.8) is 0 Å². The van der Waals surface area contributed by atoms with Crippen LogP contribution < -0.4 is 14.8 Å². The van der Waals surface area contributed by atoms with Gasteiger partial charge in [0.25, 0.3) is 5.91 Å². The number of nitrogens with one attached hydrogen (secondary N) is 1. The zero-order valence-electron chi connectivity index (χ0n) is 15.9. The minimum atomic E-state index is -0.628. The van der Waals surface area contributed by atoms with Gasteiger partial charge in [-0.05, 0) is 37.1 Å². The van der Waals surface area contributed by atoms with Gasteiger partial charge < -0.3 is 19.5 Å². The summed E-state index contributed by atoms with van der Waals surface area (Å²) < 4.78 is 15.5. The van der Waals surface area contributed by atoms with Gasteiger partial charge in [0, 0.05) is 17.3 Å². The van der Waals surface area contributed by atoms with E-state index < -0.39 is 11.9 Å². The Morgan fingerprint density at radius 1 is 1.00 bits per heavy atom. The maximum Gasteiger partial charge on any atom is 0.331 e. The van der Waals surface area contributed by atoms with Crippen molar-refractivity contribution in [1.82, 2.24) is 0 Å². The summed E-state index contributed by atoms with van der Waals surface area (Å²) in [6, 6.07) is 11.0. The predicted molar refractivity (Wildman–Crippen MR) is 104 cm³/mol. The highest BCUT2D eigenvalue weighted by Gasteiger charge is 2.10. The van der Waals surface area contributed by atoms with Crippen LogP contribution in [-0.4, -0.2) is 32.7 Å². The third-order valence-electron chi connectivity index (χ3n) is 3.92. The summed E-state index contributed by atoms with van der Waals surface area (Å²) in [6.45, 7) is 3.43. The van der Waals surface area contributed by atoms with Crippen molar-refractivity contribution in [2.45, 2.75) is 13.8 Å². The van der Waals surface area contributed by atoms with E-state index in [1.165, 1.54) is 20.3 Å².